The lowest BCUT2D eigenvalue weighted by Crippen LogP contribution is -2.40. The Morgan fingerprint density at radius 2 is 2.06 bits per heavy atom. The van der Waals surface area contributed by atoms with Crippen molar-refractivity contribution in [1.29, 1.82) is 0 Å². The van der Waals surface area contributed by atoms with Crippen molar-refractivity contribution in [2.45, 2.75) is 32.7 Å². The summed E-state index contributed by atoms with van der Waals surface area (Å²) in [5, 5.41) is 8.41. The molecule has 1 aliphatic rings. The van der Waals surface area contributed by atoms with Crippen LogP contribution in [0.5, 0.6) is 0 Å². The highest BCUT2D eigenvalue weighted by Crippen LogP contribution is 2.32. The molecule has 0 N–H and O–H groups in total. The first-order valence-electron chi connectivity index (χ1n) is 5.53. The Bertz CT molecular complexity index is 383. The Kier molecular flexibility index (Phi) is 3.55. The van der Waals surface area contributed by atoms with Gasteiger partial charge in [-0.1, -0.05) is 30.1 Å². The highest BCUT2D eigenvalue weighted by Gasteiger charge is 2.25. The van der Waals surface area contributed by atoms with Crippen molar-refractivity contribution < 1.29 is 0 Å². The van der Waals surface area contributed by atoms with E-state index in [4.69, 9.17) is 23.2 Å². The van der Waals surface area contributed by atoms with Gasteiger partial charge in [0.05, 0.1) is 5.69 Å². The number of aromatic nitrogens is 2. The maximum absolute atomic E-state index is 6.06. The van der Waals surface area contributed by atoms with E-state index < -0.39 is 0 Å². The van der Waals surface area contributed by atoms with Crippen LogP contribution >= 0.6 is 23.2 Å². The second-order valence-corrected chi connectivity index (χ2v) is 5.26. The summed E-state index contributed by atoms with van der Waals surface area (Å²) >= 11 is 11.9. The van der Waals surface area contributed by atoms with Crippen molar-refractivity contribution in [2.75, 3.05) is 11.4 Å². The van der Waals surface area contributed by atoms with E-state index in [0.29, 0.717) is 16.3 Å². The van der Waals surface area contributed by atoms with E-state index in [0.717, 1.165) is 18.2 Å². The molecule has 1 fully saturated rings. The fourth-order valence-corrected chi connectivity index (χ4v) is 2.65. The number of hydrogen-bond acceptors (Lipinski definition) is 3. The molecule has 1 aromatic rings. The zero-order chi connectivity index (χ0) is 11.7. The number of halogens is 2. The first kappa shape index (κ1) is 11.9. The first-order valence-corrected chi connectivity index (χ1v) is 6.29. The molecule has 1 aliphatic heterocycles. The van der Waals surface area contributed by atoms with Gasteiger partial charge in [0.15, 0.2) is 10.3 Å². The molecule has 0 amide bonds. The summed E-state index contributed by atoms with van der Waals surface area (Å²) in [7, 11) is 0. The summed E-state index contributed by atoms with van der Waals surface area (Å²) < 4.78 is 0. The van der Waals surface area contributed by atoms with Gasteiger partial charge in [-0.05, 0) is 25.7 Å². The molecule has 16 heavy (non-hydrogen) atoms. The molecule has 0 saturated carbocycles. The van der Waals surface area contributed by atoms with Crippen molar-refractivity contribution in [3.63, 3.8) is 0 Å². The van der Waals surface area contributed by atoms with Crippen LogP contribution in [0.15, 0.2) is 6.07 Å². The highest BCUT2D eigenvalue weighted by molar-refractivity contribution is 6.33. The van der Waals surface area contributed by atoms with Gasteiger partial charge in [-0.25, -0.2) is 0 Å². The smallest absolute Gasteiger partial charge is 0.175 e. The molecule has 3 nitrogen and oxygen atoms in total. The summed E-state index contributed by atoms with van der Waals surface area (Å²) in [5.41, 5.74) is 0.904. The minimum Gasteiger partial charge on any atom is -0.366 e. The van der Waals surface area contributed by atoms with Crippen LogP contribution in [0.4, 0.5) is 5.69 Å². The molecule has 2 atom stereocenters. The van der Waals surface area contributed by atoms with E-state index in [2.05, 4.69) is 28.9 Å². The molecule has 2 unspecified atom stereocenters. The topological polar surface area (TPSA) is 29.0 Å². The van der Waals surface area contributed by atoms with Crippen LogP contribution in [-0.2, 0) is 0 Å². The lowest BCUT2D eigenvalue weighted by atomic mass is 9.93. The molecule has 5 heteroatoms. The van der Waals surface area contributed by atoms with Gasteiger partial charge in [0.25, 0.3) is 0 Å². The van der Waals surface area contributed by atoms with Crippen LogP contribution in [0.3, 0.4) is 0 Å². The molecular formula is C11H15Cl2N3. The Morgan fingerprint density at radius 1 is 1.31 bits per heavy atom. The first-order chi connectivity index (χ1) is 7.58. The van der Waals surface area contributed by atoms with Crippen molar-refractivity contribution in [2.24, 2.45) is 5.92 Å². The summed E-state index contributed by atoms with van der Waals surface area (Å²) in [6.45, 7) is 5.50. The molecule has 2 heterocycles. The molecule has 0 bridgehead atoms. The fraction of sp³-hybridized carbons (Fsp3) is 0.636. The van der Waals surface area contributed by atoms with E-state index in [1.807, 2.05) is 0 Å². The lowest BCUT2D eigenvalue weighted by Gasteiger charge is -2.38. The number of hydrogen-bond donors (Lipinski definition) is 0. The van der Waals surface area contributed by atoms with Gasteiger partial charge < -0.3 is 4.90 Å². The zero-order valence-corrected chi connectivity index (χ0v) is 11.0. The van der Waals surface area contributed by atoms with Gasteiger partial charge in [0.2, 0.25) is 0 Å². The molecular weight excluding hydrogens is 245 g/mol. The predicted molar refractivity (Wildman–Crippen MR) is 67.3 cm³/mol. The minimum atomic E-state index is 0.394. The number of rotatable bonds is 1. The van der Waals surface area contributed by atoms with Gasteiger partial charge in [-0.15, -0.1) is 10.2 Å². The minimum absolute atomic E-state index is 0.394. The van der Waals surface area contributed by atoms with Gasteiger partial charge >= 0.3 is 0 Å². The largest absolute Gasteiger partial charge is 0.366 e. The Morgan fingerprint density at radius 3 is 2.75 bits per heavy atom. The maximum atomic E-state index is 6.06. The number of piperidine rings is 1. The lowest BCUT2D eigenvalue weighted by molar-refractivity contribution is 0.377. The maximum Gasteiger partial charge on any atom is 0.175 e. The van der Waals surface area contributed by atoms with Crippen LogP contribution < -0.4 is 4.90 Å². The van der Waals surface area contributed by atoms with Crippen molar-refractivity contribution in [3.05, 3.63) is 16.4 Å². The third kappa shape index (κ3) is 2.41. The number of anilines is 1. The Labute approximate surface area is 106 Å². The SMILES string of the molecule is CC1CCN(c2cc(Cl)nnc2Cl)C(C)C1. The van der Waals surface area contributed by atoms with E-state index >= 15 is 0 Å². The summed E-state index contributed by atoms with van der Waals surface area (Å²) in [6.07, 6.45) is 2.36. The second-order valence-electron chi connectivity index (χ2n) is 4.52. The molecule has 0 aliphatic carbocycles. The zero-order valence-electron chi connectivity index (χ0n) is 9.45. The van der Waals surface area contributed by atoms with Crippen LogP contribution in [0, 0.1) is 5.92 Å². The normalized spacial score (nSPS) is 25.9. The standard InChI is InChI=1S/C11H15Cl2N3/c1-7-3-4-16(8(2)5-7)9-6-10(12)14-15-11(9)13/h6-8H,3-5H2,1-2H3. The van der Waals surface area contributed by atoms with Gasteiger partial charge in [-0.2, -0.15) is 0 Å². The van der Waals surface area contributed by atoms with Crippen molar-refractivity contribution in [3.8, 4) is 0 Å². The Hall–Kier alpha value is -0.540. The highest BCUT2D eigenvalue weighted by atomic mass is 35.5. The van der Waals surface area contributed by atoms with E-state index in [-0.39, 0.29) is 0 Å². The van der Waals surface area contributed by atoms with Gasteiger partial charge in [0, 0.05) is 18.7 Å². The average Bonchev–Trinajstić information content (AvgIpc) is 2.22. The van der Waals surface area contributed by atoms with Crippen LogP contribution in [-0.4, -0.2) is 22.8 Å². The average molecular weight is 260 g/mol. The van der Waals surface area contributed by atoms with Crippen molar-refractivity contribution >= 4 is 28.9 Å². The predicted octanol–water partition coefficient (Wildman–Crippen LogP) is 3.41. The fourth-order valence-electron chi connectivity index (χ4n) is 2.31. The number of nitrogens with zero attached hydrogens (tertiary/aromatic N) is 3. The molecule has 88 valence electrons. The molecule has 0 spiro atoms. The summed E-state index contributed by atoms with van der Waals surface area (Å²) in [4.78, 5) is 2.27. The van der Waals surface area contributed by atoms with Crippen LogP contribution in [0.2, 0.25) is 10.3 Å². The van der Waals surface area contributed by atoms with Crippen LogP contribution in [0.1, 0.15) is 26.7 Å². The van der Waals surface area contributed by atoms with E-state index in [1.165, 1.54) is 12.8 Å². The third-order valence-electron chi connectivity index (χ3n) is 3.15. The molecule has 1 aromatic heterocycles. The van der Waals surface area contributed by atoms with Crippen LogP contribution in [0.25, 0.3) is 0 Å². The van der Waals surface area contributed by atoms with E-state index in [9.17, 15) is 0 Å². The summed E-state index contributed by atoms with van der Waals surface area (Å²) in [5.74, 6) is 0.773. The molecule has 2 rings (SSSR count). The van der Waals surface area contributed by atoms with Gasteiger partial charge in [-0.3, -0.25) is 0 Å². The monoisotopic (exact) mass is 259 g/mol. The van der Waals surface area contributed by atoms with Crippen molar-refractivity contribution in [1.82, 2.24) is 10.2 Å². The summed E-state index contributed by atoms with van der Waals surface area (Å²) in [6, 6.07) is 2.27. The second kappa shape index (κ2) is 4.76. The Balaban J connectivity index is 2.26. The van der Waals surface area contributed by atoms with Gasteiger partial charge in [0.1, 0.15) is 0 Å². The quantitative estimate of drug-likeness (QED) is 0.774. The third-order valence-corrected chi connectivity index (χ3v) is 3.60. The molecule has 0 radical (unpaired) electrons. The van der Waals surface area contributed by atoms with E-state index in [1.54, 1.807) is 6.07 Å². The molecule has 0 aromatic carbocycles. The molecule has 1 saturated heterocycles.